The van der Waals surface area contributed by atoms with Crippen LogP contribution in [-0.4, -0.2) is 45.4 Å². The van der Waals surface area contributed by atoms with Crippen LogP contribution in [0.3, 0.4) is 0 Å². The van der Waals surface area contributed by atoms with E-state index >= 15 is 0 Å². The third kappa shape index (κ3) is 7.75. The molecule has 0 saturated carbocycles. The molecule has 0 aliphatic carbocycles. The number of halogens is 2. The zero-order chi connectivity index (χ0) is 22.6. The van der Waals surface area contributed by atoms with Crippen LogP contribution in [0.5, 0.6) is 11.5 Å². The average molecular weight is 468 g/mol. The summed E-state index contributed by atoms with van der Waals surface area (Å²) >= 11 is 12.3. The predicted molar refractivity (Wildman–Crippen MR) is 119 cm³/mol. The molecule has 0 aliphatic heterocycles. The Bertz CT molecular complexity index is 917. The fraction of sp³-hybridized carbons (Fsp3) is 0.286. The number of ether oxygens (including phenoxy) is 3. The third-order valence-electron chi connectivity index (χ3n) is 4.02. The first-order valence-corrected chi connectivity index (χ1v) is 10.1. The number of benzene rings is 2. The summed E-state index contributed by atoms with van der Waals surface area (Å²) in [6.45, 7) is 0.993. The number of hydrogen-bond acceptors (Lipinski definition) is 6. The molecule has 0 aliphatic rings. The molecular weight excluding hydrogens is 445 g/mol. The molecule has 10 heteroatoms. The molecule has 0 fully saturated rings. The number of carbonyl (C=O) groups excluding carboxylic acids is 2. The van der Waals surface area contributed by atoms with Gasteiger partial charge in [-0.1, -0.05) is 29.3 Å². The molecule has 166 valence electrons. The van der Waals surface area contributed by atoms with Crippen molar-refractivity contribution in [2.24, 2.45) is 5.10 Å². The van der Waals surface area contributed by atoms with Crippen molar-refractivity contribution in [3.05, 3.63) is 57.6 Å². The summed E-state index contributed by atoms with van der Waals surface area (Å²) in [6.07, 6.45) is 1.99. The molecule has 31 heavy (non-hydrogen) atoms. The van der Waals surface area contributed by atoms with E-state index in [0.29, 0.717) is 52.2 Å². The van der Waals surface area contributed by atoms with Gasteiger partial charge < -0.3 is 19.5 Å². The highest BCUT2D eigenvalue weighted by Crippen LogP contribution is 2.31. The average Bonchev–Trinajstić information content (AvgIpc) is 2.76. The molecule has 2 aromatic rings. The number of hydrazone groups is 1. The molecule has 2 rings (SSSR count). The van der Waals surface area contributed by atoms with Gasteiger partial charge in [0.15, 0.2) is 11.5 Å². The van der Waals surface area contributed by atoms with E-state index in [0.717, 1.165) is 0 Å². The molecule has 8 nitrogen and oxygen atoms in total. The lowest BCUT2D eigenvalue weighted by molar-refractivity contribution is -0.139. The second kappa shape index (κ2) is 12.8. The highest BCUT2D eigenvalue weighted by Gasteiger charge is 2.12. The number of nitrogens with one attached hydrogen (secondary N) is 2. The molecule has 0 bridgehead atoms. The summed E-state index contributed by atoms with van der Waals surface area (Å²) in [5.74, 6) is -0.700. The maximum Gasteiger partial charge on any atom is 0.329 e. The van der Waals surface area contributed by atoms with Crippen LogP contribution in [0.2, 0.25) is 10.0 Å². The van der Waals surface area contributed by atoms with Gasteiger partial charge in [0.05, 0.1) is 13.3 Å². The Hall–Kier alpha value is -2.81. The zero-order valence-electron chi connectivity index (χ0n) is 17.1. The second-order valence-electron chi connectivity index (χ2n) is 6.20. The smallest absolute Gasteiger partial charge is 0.329 e. The van der Waals surface area contributed by atoms with Crippen molar-refractivity contribution in [1.82, 2.24) is 10.7 Å². The Labute approximate surface area is 190 Å². The Balaban J connectivity index is 1.93. The maximum atomic E-state index is 11.7. The molecular formula is C21H23Cl2N3O5. The normalized spacial score (nSPS) is 10.7. The second-order valence-corrected chi connectivity index (χ2v) is 7.01. The van der Waals surface area contributed by atoms with Crippen molar-refractivity contribution >= 4 is 41.2 Å². The summed E-state index contributed by atoms with van der Waals surface area (Å²) < 4.78 is 16.0. The van der Waals surface area contributed by atoms with Gasteiger partial charge in [-0.05, 0) is 42.3 Å². The summed E-state index contributed by atoms with van der Waals surface area (Å²) in [4.78, 5) is 23.4. The molecule has 0 spiro atoms. The van der Waals surface area contributed by atoms with Crippen LogP contribution in [0.4, 0.5) is 0 Å². The first-order chi connectivity index (χ1) is 15.0. The van der Waals surface area contributed by atoms with Crippen LogP contribution >= 0.6 is 23.2 Å². The molecule has 0 radical (unpaired) electrons. The van der Waals surface area contributed by atoms with Gasteiger partial charge in [-0.3, -0.25) is 9.59 Å². The lowest BCUT2D eigenvalue weighted by Gasteiger charge is -2.13. The number of hydrogen-bond donors (Lipinski definition) is 2. The number of carbonyl (C=O) groups is 2. The standard InChI is InChI=1S/C21H23Cl2N3O5/c1-29-10-4-9-24-20(27)21(28)26-25-12-14-7-8-18(19(11-14)30-2)31-13-15-16(22)5-3-6-17(15)23/h3,5-8,11-12H,4,9-10,13H2,1-2H3,(H,24,27)(H,26,28)/b25-12-. The molecule has 0 atom stereocenters. The van der Waals surface area contributed by atoms with Gasteiger partial charge in [-0.15, -0.1) is 0 Å². The quantitative estimate of drug-likeness (QED) is 0.242. The van der Waals surface area contributed by atoms with Gasteiger partial charge >= 0.3 is 11.8 Å². The van der Waals surface area contributed by atoms with Crippen LogP contribution in [0.1, 0.15) is 17.5 Å². The topological polar surface area (TPSA) is 98.2 Å². The first-order valence-electron chi connectivity index (χ1n) is 9.30. The Morgan fingerprint density at radius 2 is 1.81 bits per heavy atom. The van der Waals surface area contributed by atoms with E-state index in [-0.39, 0.29) is 6.61 Å². The minimum Gasteiger partial charge on any atom is -0.493 e. The largest absolute Gasteiger partial charge is 0.493 e. The van der Waals surface area contributed by atoms with Gasteiger partial charge in [0.1, 0.15) is 6.61 Å². The maximum absolute atomic E-state index is 11.7. The van der Waals surface area contributed by atoms with Crippen molar-refractivity contribution < 1.29 is 23.8 Å². The van der Waals surface area contributed by atoms with E-state index in [1.165, 1.54) is 13.3 Å². The van der Waals surface area contributed by atoms with Gasteiger partial charge in [0, 0.05) is 35.9 Å². The van der Waals surface area contributed by atoms with E-state index in [4.69, 9.17) is 37.4 Å². The molecule has 2 aromatic carbocycles. The van der Waals surface area contributed by atoms with Crippen LogP contribution in [0.25, 0.3) is 0 Å². The molecule has 0 aromatic heterocycles. The van der Waals surface area contributed by atoms with E-state index in [2.05, 4.69) is 15.8 Å². The van der Waals surface area contributed by atoms with Crippen LogP contribution in [0.15, 0.2) is 41.5 Å². The third-order valence-corrected chi connectivity index (χ3v) is 4.73. The lowest BCUT2D eigenvalue weighted by Crippen LogP contribution is -2.38. The van der Waals surface area contributed by atoms with Crippen molar-refractivity contribution in [2.75, 3.05) is 27.4 Å². The van der Waals surface area contributed by atoms with Gasteiger partial charge in [-0.25, -0.2) is 5.43 Å². The number of rotatable bonds is 10. The Kier molecular flexibility index (Phi) is 10.1. The predicted octanol–water partition coefficient (Wildman–Crippen LogP) is 3.18. The molecule has 0 unspecified atom stereocenters. The number of amides is 2. The first kappa shape index (κ1) is 24.5. The number of nitrogens with zero attached hydrogens (tertiary/aromatic N) is 1. The Morgan fingerprint density at radius 1 is 1.06 bits per heavy atom. The summed E-state index contributed by atoms with van der Waals surface area (Å²) in [6, 6.07) is 10.3. The van der Waals surface area contributed by atoms with Crippen molar-refractivity contribution in [2.45, 2.75) is 13.0 Å². The minimum absolute atomic E-state index is 0.165. The molecule has 0 saturated heterocycles. The van der Waals surface area contributed by atoms with Crippen molar-refractivity contribution in [3.8, 4) is 11.5 Å². The van der Waals surface area contributed by atoms with Crippen LogP contribution in [0, 0.1) is 0 Å². The zero-order valence-corrected chi connectivity index (χ0v) is 18.6. The van der Waals surface area contributed by atoms with E-state index in [9.17, 15) is 9.59 Å². The van der Waals surface area contributed by atoms with E-state index < -0.39 is 11.8 Å². The molecule has 2 amide bonds. The SMILES string of the molecule is COCCCNC(=O)C(=O)N/N=C\c1ccc(OCc2c(Cl)cccc2Cl)c(OC)c1. The Morgan fingerprint density at radius 3 is 2.48 bits per heavy atom. The van der Waals surface area contributed by atoms with Crippen molar-refractivity contribution in [3.63, 3.8) is 0 Å². The summed E-state index contributed by atoms with van der Waals surface area (Å²) in [5.41, 5.74) is 3.46. The summed E-state index contributed by atoms with van der Waals surface area (Å²) in [5, 5.41) is 7.27. The monoisotopic (exact) mass is 467 g/mol. The molecule has 0 heterocycles. The van der Waals surface area contributed by atoms with Gasteiger partial charge in [0.2, 0.25) is 0 Å². The minimum atomic E-state index is -0.864. The fourth-order valence-corrected chi connectivity index (χ4v) is 2.93. The van der Waals surface area contributed by atoms with Crippen LogP contribution in [-0.2, 0) is 20.9 Å². The number of methoxy groups -OCH3 is 2. The van der Waals surface area contributed by atoms with Crippen LogP contribution < -0.4 is 20.2 Å². The van der Waals surface area contributed by atoms with Gasteiger partial charge in [0.25, 0.3) is 0 Å². The highest BCUT2D eigenvalue weighted by atomic mass is 35.5. The van der Waals surface area contributed by atoms with E-state index in [1.807, 2.05) is 0 Å². The molecule has 2 N–H and O–H groups in total. The van der Waals surface area contributed by atoms with Gasteiger partial charge in [-0.2, -0.15) is 5.10 Å². The summed E-state index contributed by atoms with van der Waals surface area (Å²) in [7, 11) is 3.06. The van der Waals surface area contributed by atoms with E-state index in [1.54, 1.807) is 43.5 Å². The highest BCUT2D eigenvalue weighted by molar-refractivity contribution is 6.36. The lowest BCUT2D eigenvalue weighted by atomic mass is 10.2. The fourth-order valence-electron chi connectivity index (χ4n) is 2.42. The van der Waals surface area contributed by atoms with Crippen molar-refractivity contribution in [1.29, 1.82) is 0 Å².